The van der Waals surface area contributed by atoms with E-state index in [1.54, 1.807) is 0 Å². The Balaban J connectivity index is 2.96. The second-order valence-corrected chi connectivity index (χ2v) is 2.75. The molecule has 1 aromatic carbocycles. The van der Waals surface area contributed by atoms with E-state index in [-0.39, 0.29) is 11.4 Å². The summed E-state index contributed by atoms with van der Waals surface area (Å²) in [6, 6.07) is 2.36. The molecule has 0 heterocycles. The number of nitrogen functional groups attached to an aromatic ring is 1. The smallest absolute Gasteiger partial charge is 0.183 e. The Hall–Kier alpha value is -1.32. The zero-order chi connectivity index (χ0) is 9.84. The second-order valence-electron chi connectivity index (χ2n) is 2.75. The lowest BCUT2D eigenvalue weighted by atomic mass is 10.2. The van der Waals surface area contributed by atoms with Crippen molar-refractivity contribution in [2.45, 2.75) is 13.3 Å². The summed E-state index contributed by atoms with van der Waals surface area (Å²) in [5.41, 5.74) is 5.75. The van der Waals surface area contributed by atoms with Crippen LogP contribution in [0.4, 0.5) is 20.2 Å². The standard InChI is InChI=1S/C9H12F2N2/c1-2-5-13-9-7(12)4-3-6(10)8(9)11/h3-4,13H,2,5,12H2,1H3. The highest BCUT2D eigenvalue weighted by atomic mass is 19.2. The summed E-state index contributed by atoms with van der Waals surface area (Å²) in [7, 11) is 0. The van der Waals surface area contributed by atoms with Crippen LogP contribution in [0.5, 0.6) is 0 Å². The van der Waals surface area contributed by atoms with Gasteiger partial charge in [-0.15, -0.1) is 0 Å². The van der Waals surface area contributed by atoms with Gasteiger partial charge in [0.25, 0.3) is 0 Å². The first-order valence-corrected chi connectivity index (χ1v) is 4.14. The Morgan fingerprint density at radius 1 is 1.38 bits per heavy atom. The molecule has 0 amide bonds. The average molecular weight is 186 g/mol. The van der Waals surface area contributed by atoms with Crippen molar-refractivity contribution in [1.29, 1.82) is 0 Å². The van der Waals surface area contributed by atoms with E-state index in [9.17, 15) is 8.78 Å². The molecule has 0 aliphatic carbocycles. The molecular weight excluding hydrogens is 174 g/mol. The first kappa shape index (κ1) is 9.77. The molecule has 2 nitrogen and oxygen atoms in total. The predicted molar refractivity (Wildman–Crippen MR) is 49.6 cm³/mol. The summed E-state index contributed by atoms with van der Waals surface area (Å²) in [6.07, 6.45) is 0.829. The molecule has 0 fully saturated rings. The van der Waals surface area contributed by atoms with Crippen molar-refractivity contribution in [2.75, 3.05) is 17.6 Å². The second kappa shape index (κ2) is 4.07. The number of nitrogens with one attached hydrogen (secondary N) is 1. The lowest BCUT2D eigenvalue weighted by Gasteiger charge is -2.09. The zero-order valence-electron chi connectivity index (χ0n) is 7.40. The molecule has 0 radical (unpaired) electrons. The van der Waals surface area contributed by atoms with Gasteiger partial charge >= 0.3 is 0 Å². The van der Waals surface area contributed by atoms with Gasteiger partial charge in [-0.2, -0.15) is 0 Å². The Labute approximate surface area is 75.7 Å². The van der Waals surface area contributed by atoms with Crippen LogP contribution in [-0.4, -0.2) is 6.54 Å². The van der Waals surface area contributed by atoms with Gasteiger partial charge in [-0.05, 0) is 18.6 Å². The van der Waals surface area contributed by atoms with Gasteiger partial charge in [0.1, 0.15) is 0 Å². The number of halogens is 2. The lowest BCUT2D eigenvalue weighted by Crippen LogP contribution is -2.06. The molecule has 1 aromatic rings. The molecule has 0 saturated heterocycles. The van der Waals surface area contributed by atoms with Crippen molar-refractivity contribution in [3.63, 3.8) is 0 Å². The molecule has 0 spiro atoms. The van der Waals surface area contributed by atoms with Gasteiger partial charge in [-0.25, -0.2) is 8.78 Å². The molecule has 1 rings (SSSR count). The van der Waals surface area contributed by atoms with Crippen LogP contribution >= 0.6 is 0 Å². The molecule has 0 saturated carbocycles. The fourth-order valence-corrected chi connectivity index (χ4v) is 0.995. The SMILES string of the molecule is CCCNc1c(N)ccc(F)c1F. The number of hydrogen-bond donors (Lipinski definition) is 2. The Kier molecular flexibility index (Phi) is 3.06. The summed E-state index contributed by atoms with van der Waals surface area (Å²) in [5, 5.41) is 2.73. The zero-order valence-corrected chi connectivity index (χ0v) is 7.40. The third-order valence-electron chi connectivity index (χ3n) is 1.68. The topological polar surface area (TPSA) is 38.0 Å². The molecule has 0 aromatic heterocycles. The highest BCUT2D eigenvalue weighted by molar-refractivity contribution is 5.66. The van der Waals surface area contributed by atoms with Crippen molar-refractivity contribution < 1.29 is 8.78 Å². The van der Waals surface area contributed by atoms with Crippen molar-refractivity contribution >= 4 is 11.4 Å². The van der Waals surface area contributed by atoms with Crippen LogP contribution in [0.15, 0.2) is 12.1 Å². The highest BCUT2D eigenvalue weighted by Crippen LogP contribution is 2.24. The van der Waals surface area contributed by atoms with Crippen molar-refractivity contribution in [3.8, 4) is 0 Å². The van der Waals surface area contributed by atoms with Gasteiger partial charge in [0.15, 0.2) is 11.6 Å². The molecule has 0 bridgehead atoms. The van der Waals surface area contributed by atoms with Gasteiger partial charge < -0.3 is 11.1 Å². The van der Waals surface area contributed by atoms with Crippen molar-refractivity contribution in [3.05, 3.63) is 23.8 Å². The van der Waals surface area contributed by atoms with Crippen LogP contribution in [0.25, 0.3) is 0 Å². The van der Waals surface area contributed by atoms with E-state index in [1.807, 2.05) is 6.92 Å². The van der Waals surface area contributed by atoms with Crippen LogP contribution in [0, 0.1) is 11.6 Å². The molecule has 13 heavy (non-hydrogen) atoms. The van der Waals surface area contributed by atoms with Gasteiger partial charge in [0.05, 0.1) is 11.4 Å². The van der Waals surface area contributed by atoms with Gasteiger partial charge in [-0.3, -0.25) is 0 Å². The first-order chi connectivity index (χ1) is 6.16. The maximum absolute atomic E-state index is 13.1. The van der Waals surface area contributed by atoms with E-state index in [1.165, 1.54) is 6.07 Å². The van der Waals surface area contributed by atoms with E-state index in [0.29, 0.717) is 6.54 Å². The molecule has 72 valence electrons. The van der Waals surface area contributed by atoms with Crippen LogP contribution < -0.4 is 11.1 Å². The minimum atomic E-state index is -0.909. The summed E-state index contributed by atoms with van der Waals surface area (Å²) in [5.74, 6) is -1.79. The molecule has 0 atom stereocenters. The van der Waals surface area contributed by atoms with Crippen molar-refractivity contribution in [2.24, 2.45) is 0 Å². The molecule has 0 aliphatic heterocycles. The number of benzene rings is 1. The first-order valence-electron chi connectivity index (χ1n) is 4.14. The van der Waals surface area contributed by atoms with E-state index in [0.717, 1.165) is 12.5 Å². The minimum Gasteiger partial charge on any atom is -0.397 e. The maximum atomic E-state index is 13.1. The van der Waals surface area contributed by atoms with Gasteiger partial charge in [0, 0.05) is 6.54 Å². The van der Waals surface area contributed by atoms with Crippen LogP contribution in [0.3, 0.4) is 0 Å². The normalized spacial score (nSPS) is 10.1. The Bertz CT molecular complexity index is 300. The van der Waals surface area contributed by atoms with Crippen LogP contribution in [0.1, 0.15) is 13.3 Å². The number of anilines is 2. The molecule has 3 N–H and O–H groups in total. The predicted octanol–water partition coefficient (Wildman–Crippen LogP) is 2.37. The van der Waals surface area contributed by atoms with Gasteiger partial charge in [-0.1, -0.05) is 6.92 Å². The Morgan fingerprint density at radius 2 is 2.08 bits per heavy atom. The van der Waals surface area contributed by atoms with E-state index in [4.69, 9.17) is 5.73 Å². The Morgan fingerprint density at radius 3 is 2.69 bits per heavy atom. The van der Waals surface area contributed by atoms with Crippen LogP contribution in [-0.2, 0) is 0 Å². The third kappa shape index (κ3) is 2.08. The summed E-state index contributed by atoms with van der Waals surface area (Å²) in [6.45, 7) is 2.50. The monoisotopic (exact) mass is 186 g/mol. The van der Waals surface area contributed by atoms with Crippen LogP contribution in [0.2, 0.25) is 0 Å². The maximum Gasteiger partial charge on any atom is 0.183 e. The summed E-state index contributed by atoms with van der Waals surface area (Å²) >= 11 is 0. The highest BCUT2D eigenvalue weighted by Gasteiger charge is 2.10. The van der Waals surface area contributed by atoms with E-state index < -0.39 is 11.6 Å². The fourth-order valence-electron chi connectivity index (χ4n) is 0.995. The minimum absolute atomic E-state index is 0.0573. The van der Waals surface area contributed by atoms with Gasteiger partial charge in [0.2, 0.25) is 0 Å². The molecule has 0 unspecified atom stereocenters. The van der Waals surface area contributed by atoms with E-state index >= 15 is 0 Å². The molecule has 0 aliphatic rings. The largest absolute Gasteiger partial charge is 0.397 e. The average Bonchev–Trinajstić information content (AvgIpc) is 2.12. The van der Waals surface area contributed by atoms with Crippen molar-refractivity contribution in [1.82, 2.24) is 0 Å². The van der Waals surface area contributed by atoms with E-state index in [2.05, 4.69) is 5.32 Å². The third-order valence-corrected chi connectivity index (χ3v) is 1.68. The number of rotatable bonds is 3. The number of hydrogen-bond acceptors (Lipinski definition) is 2. The fraction of sp³-hybridized carbons (Fsp3) is 0.333. The summed E-state index contributed by atoms with van der Waals surface area (Å²) < 4.78 is 25.8. The molecule has 4 heteroatoms. The molecular formula is C9H12F2N2. The quantitative estimate of drug-likeness (QED) is 0.711. The lowest BCUT2D eigenvalue weighted by molar-refractivity contribution is 0.511. The number of nitrogens with two attached hydrogens (primary N) is 1. The summed E-state index contributed by atoms with van der Waals surface area (Å²) in [4.78, 5) is 0.